The standard InChI is InChI=1S/C17H15NO5/c1-22-16-8-3-12(10-17(16)23-2)9-14(11-19)13-4-6-15(7-5-13)18(20)21/h3-11H,1-2H3/b14-9+. The monoisotopic (exact) mass is 313 g/mol. The molecule has 2 aromatic carbocycles. The lowest BCUT2D eigenvalue weighted by molar-refractivity contribution is -0.384. The van der Waals surface area contributed by atoms with E-state index in [-0.39, 0.29) is 5.69 Å². The smallest absolute Gasteiger partial charge is 0.269 e. The number of aldehydes is 1. The molecule has 0 aliphatic carbocycles. The highest BCUT2D eigenvalue weighted by Crippen LogP contribution is 2.29. The van der Waals surface area contributed by atoms with Crippen molar-refractivity contribution >= 4 is 23.6 Å². The number of allylic oxidation sites excluding steroid dienone is 1. The molecule has 118 valence electrons. The first kappa shape index (κ1) is 16.2. The zero-order valence-electron chi connectivity index (χ0n) is 12.7. The fraction of sp³-hybridized carbons (Fsp3) is 0.118. The predicted octanol–water partition coefficient (Wildman–Crippen LogP) is 3.35. The Labute approximate surface area is 133 Å². The van der Waals surface area contributed by atoms with E-state index >= 15 is 0 Å². The summed E-state index contributed by atoms with van der Waals surface area (Å²) < 4.78 is 10.4. The van der Waals surface area contributed by atoms with Gasteiger partial charge in [-0.1, -0.05) is 6.07 Å². The maximum Gasteiger partial charge on any atom is 0.269 e. The molecule has 0 radical (unpaired) electrons. The van der Waals surface area contributed by atoms with Crippen LogP contribution in [0.15, 0.2) is 42.5 Å². The summed E-state index contributed by atoms with van der Waals surface area (Å²) in [5.74, 6) is 1.14. The molecule has 0 saturated carbocycles. The number of carbonyl (C=O) groups is 1. The van der Waals surface area contributed by atoms with Gasteiger partial charge in [-0.05, 0) is 41.5 Å². The molecule has 0 atom stereocenters. The Kier molecular flexibility index (Phi) is 5.09. The van der Waals surface area contributed by atoms with Gasteiger partial charge in [-0.3, -0.25) is 14.9 Å². The first-order valence-electron chi connectivity index (χ1n) is 6.72. The Bertz CT molecular complexity index is 750. The molecule has 2 aromatic rings. The van der Waals surface area contributed by atoms with Crippen LogP contribution in [0.2, 0.25) is 0 Å². The highest BCUT2D eigenvalue weighted by Gasteiger charge is 2.08. The first-order valence-corrected chi connectivity index (χ1v) is 6.72. The minimum atomic E-state index is -0.484. The van der Waals surface area contributed by atoms with Gasteiger partial charge in [0.1, 0.15) is 0 Å². The topological polar surface area (TPSA) is 78.7 Å². The zero-order chi connectivity index (χ0) is 16.8. The molecule has 0 fully saturated rings. The fourth-order valence-corrected chi connectivity index (χ4v) is 2.08. The summed E-state index contributed by atoms with van der Waals surface area (Å²) in [6.07, 6.45) is 2.38. The number of hydrogen-bond acceptors (Lipinski definition) is 5. The number of benzene rings is 2. The molecular weight excluding hydrogens is 298 g/mol. The van der Waals surface area contributed by atoms with E-state index in [0.717, 1.165) is 5.56 Å². The lowest BCUT2D eigenvalue weighted by Gasteiger charge is -2.08. The normalized spacial score (nSPS) is 11.0. The first-order chi connectivity index (χ1) is 11.1. The molecule has 23 heavy (non-hydrogen) atoms. The van der Waals surface area contributed by atoms with Gasteiger partial charge < -0.3 is 9.47 Å². The Balaban J connectivity index is 2.38. The van der Waals surface area contributed by atoms with E-state index in [1.807, 2.05) is 0 Å². The summed E-state index contributed by atoms with van der Waals surface area (Å²) in [5.41, 5.74) is 1.74. The van der Waals surface area contributed by atoms with Crippen LogP contribution in [-0.2, 0) is 4.79 Å². The Morgan fingerprint density at radius 2 is 1.70 bits per heavy atom. The molecule has 0 amide bonds. The molecule has 6 heteroatoms. The largest absolute Gasteiger partial charge is 0.493 e. The number of ether oxygens (including phenoxy) is 2. The van der Waals surface area contributed by atoms with Crippen LogP contribution in [0.25, 0.3) is 11.6 Å². The highest BCUT2D eigenvalue weighted by atomic mass is 16.6. The molecule has 0 aliphatic heterocycles. The van der Waals surface area contributed by atoms with Gasteiger partial charge in [0, 0.05) is 17.7 Å². The molecule has 0 aliphatic rings. The number of carbonyl (C=O) groups excluding carboxylic acids is 1. The second-order valence-corrected chi connectivity index (χ2v) is 4.64. The Morgan fingerprint density at radius 1 is 1.04 bits per heavy atom. The lowest BCUT2D eigenvalue weighted by Crippen LogP contribution is -1.92. The van der Waals surface area contributed by atoms with Crippen LogP contribution >= 0.6 is 0 Å². The van der Waals surface area contributed by atoms with E-state index in [4.69, 9.17) is 9.47 Å². The van der Waals surface area contributed by atoms with Crippen LogP contribution in [0.4, 0.5) is 5.69 Å². The lowest BCUT2D eigenvalue weighted by atomic mass is 10.0. The fourth-order valence-electron chi connectivity index (χ4n) is 2.08. The van der Waals surface area contributed by atoms with Gasteiger partial charge in [0.2, 0.25) is 0 Å². The van der Waals surface area contributed by atoms with Crippen molar-refractivity contribution in [2.24, 2.45) is 0 Å². The van der Waals surface area contributed by atoms with Crippen LogP contribution in [0.1, 0.15) is 11.1 Å². The molecule has 0 bridgehead atoms. The van der Waals surface area contributed by atoms with Gasteiger partial charge in [-0.25, -0.2) is 0 Å². The zero-order valence-corrected chi connectivity index (χ0v) is 12.7. The van der Waals surface area contributed by atoms with Crippen molar-refractivity contribution in [3.63, 3.8) is 0 Å². The van der Waals surface area contributed by atoms with Crippen LogP contribution in [0.3, 0.4) is 0 Å². The number of nitro benzene ring substituents is 1. The number of hydrogen-bond donors (Lipinski definition) is 0. The van der Waals surface area contributed by atoms with Gasteiger partial charge in [-0.15, -0.1) is 0 Å². The SMILES string of the molecule is COc1ccc(/C=C(\C=O)c2ccc([N+](=O)[O-])cc2)cc1OC. The Morgan fingerprint density at radius 3 is 2.22 bits per heavy atom. The van der Waals surface area contributed by atoms with Crippen LogP contribution in [0.5, 0.6) is 11.5 Å². The summed E-state index contributed by atoms with van der Waals surface area (Å²) in [6.45, 7) is 0. The van der Waals surface area contributed by atoms with Crippen molar-refractivity contribution in [2.75, 3.05) is 14.2 Å². The summed E-state index contributed by atoms with van der Waals surface area (Å²) in [6, 6.07) is 11.1. The number of methoxy groups -OCH3 is 2. The second-order valence-electron chi connectivity index (χ2n) is 4.64. The molecule has 0 aromatic heterocycles. The minimum absolute atomic E-state index is 0.0230. The third kappa shape index (κ3) is 3.74. The molecule has 0 spiro atoms. The van der Waals surface area contributed by atoms with Crippen molar-refractivity contribution in [2.45, 2.75) is 0 Å². The highest BCUT2D eigenvalue weighted by molar-refractivity contribution is 6.13. The number of nitrogens with zero attached hydrogens (tertiary/aromatic N) is 1. The van der Waals surface area contributed by atoms with Crippen molar-refractivity contribution in [1.82, 2.24) is 0 Å². The summed E-state index contributed by atoms with van der Waals surface area (Å²) in [5, 5.41) is 10.7. The third-order valence-corrected chi connectivity index (χ3v) is 3.27. The molecule has 2 rings (SSSR count). The van der Waals surface area contributed by atoms with E-state index in [2.05, 4.69) is 0 Å². The predicted molar refractivity (Wildman–Crippen MR) is 86.6 cm³/mol. The summed E-state index contributed by atoms with van der Waals surface area (Å²) in [7, 11) is 3.07. The average Bonchev–Trinajstić information content (AvgIpc) is 2.59. The molecule has 0 saturated heterocycles. The van der Waals surface area contributed by atoms with E-state index < -0.39 is 4.92 Å². The van der Waals surface area contributed by atoms with Crippen LogP contribution < -0.4 is 9.47 Å². The van der Waals surface area contributed by atoms with E-state index in [1.165, 1.54) is 19.2 Å². The molecular formula is C17H15NO5. The van der Waals surface area contributed by atoms with E-state index in [0.29, 0.717) is 28.9 Å². The van der Waals surface area contributed by atoms with Gasteiger partial charge in [-0.2, -0.15) is 0 Å². The van der Waals surface area contributed by atoms with Gasteiger partial charge in [0.15, 0.2) is 17.8 Å². The summed E-state index contributed by atoms with van der Waals surface area (Å²) in [4.78, 5) is 21.5. The minimum Gasteiger partial charge on any atom is -0.493 e. The van der Waals surface area contributed by atoms with E-state index in [9.17, 15) is 14.9 Å². The summed E-state index contributed by atoms with van der Waals surface area (Å²) >= 11 is 0. The van der Waals surface area contributed by atoms with Crippen molar-refractivity contribution in [1.29, 1.82) is 0 Å². The van der Waals surface area contributed by atoms with Crippen molar-refractivity contribution in [3.8, 4) is 11.5 Å². The van der Waals surface area contributed by atoms with Crippen molar-refractivity contribution < 1.29 is 19.2 Å². The number of non-ortho nitro benzene ring substituents is 1. The van der Waals surface area contributed by atoms with Gasteiger partial charge in [0.25, 0.3) is 5.69 Å². The van der Waals surface area contributed by atoms with Gasteiger partial charge >= 0.3 is 0 Å². The maximum atomic E-state index is 11.3. The van der Waals surface area contributed by atoms with Crippen molar-refractivity contribution in [3.05, 3.63) is 63.7 Å². The molecule has 0 unspecified atom stereocenters. The van der Waals surface area contributed by atoms with Crippen LogP contribution in [0, 0.1) is 10.1 Å². The molecule has 0 heterocycles. The van der Waals surface area contributed by atoms with E-state index in [1.54, 1.807) is 43.5 Å². The second kappa shape index (κ2) is 7.22. The number of rotatable bonds is 6. The average molecular weight is 313 g/mol. The third-order valence-electron chi connectivity index (χ3n) is 3.27. The van der Waals surface area contributed by atoms with Crippen LogP contribution in [-0.4, -0.2) is 25.4 Å². The Hall–Kier alpha value is -3.15. The molecule has 0 N–H and O–H groups in total. The number of nitro groups is 1. The molecule has 6 nitrogen and oxygen atoms in total. The van der Waals surface area contributed by atoms with Gasteiger partial charge in [0.05, 0.1) is 19.1 Å². The quantitative estimate of drug-likeness (QED) is 0.269. The maximum absolute atomic E-state index is 11.3.